The van der Waals surface area contributed by atoms with Crippen molar-refractivity contribution in [1.29, 1.82) is 0 Å². The molecule has 0 saturated carbocycles. The summed E-state index contributed by atoms with van der Waals surface area (Å²) in [6.07, 6.45) is 0. The van der Waals surface area contributed by atoms with E-state index in [1.807, 2.05) is 5.32 Å². The van der Waals surface area contributed by atoms with Gasteiger partial charge in [-0.25, -0.2) is 8.78 Å². The van der Waals surface area contributed by atoms with Crippen LogP contribution in [0.1, 0.15) is 10.4 Å². The van der Waals surface area contributed by atoms with E-state index in [0.29, 0.717) is 0 Å². The summed E-state index contributed by atoms with van der Waals surface area (Å²) in [5.41, 5.74) is 5.56. The van der Waals surface area contributed by atoms with Crippen LogP contribution in [-0.2, 0) is 0 Å². The van der Waals surface area contributed by atoms with E-state index in [2.05, 4.69) is 0 Å². The van der Waals surface area contributed by atoms with Gasteiger partial charge in [-0.3, -0.25) is 4.79 Å². The first-order chi connectivity index (χ1) is 7.87. The predicted octanol–water partition coefficient (Wildman–Crippen LogP) is 1.28. The second-order valence-corrected chi connectivity index (χ2v) is 3.81. The van der Waals surface area contributed by atoms with E-state index in [1.54, 1.807) is 0 Å². The molecule has 0 fully saturated rings. The van der Waals surface area contributed by atoms with Crippen LogP contribution >= 0.6 is 11.6 Å². The quantitative estimate of drug-likeness (QED) is 0.717. The van der Waals surface area contributed by atoms with Crippen LogP contribution in [0.25, 0.3) is 0 Å². The third-order valence-corrected chi connectivity index (χ3v) is 2.33. The summed E-state index contributed by atoms with van der Waals surface area (Å²) in [6.45, 7) is -2.32. The Labute approximate surface area is 101 Å². The second kappa shape index (κ2) is 5.29. The van der Waals surface area contributed by atoms with Crippen molar-refractivity contribution in [3.8, 4) is 0 Å². The molecule has 0 spiro atoms. The van der Waals surface area contributed by atoms with Gasteiger partial charge in [0.15, 0.2) is 0 Å². The largest absolute Gasteiger partial charge is 0.398 e. The zero-order valence-electron chi connectivity index (χ0n) is 8.71. The molecule has 0 heterocycles. The van der Waals surface area contributed by atoms with Crippen molar-refractivity contribution >= 4 is 23.2 Å². The summed E-state index contributed by atoms with van der Waals surface area (Å²) in [5, 5.41) is 10.4. The Morgan fingerprint density at radius 1 is 1.53 bits per heavy atom. The Hall–Kier alpha value is -1.40. The van der Waals surface area contributed by atoms with Gasteiger partial charge in [0.2, 0.25) is 0 Å². The van der Waals surface area contributed by atoms with Crippen LogP contribution in [0.15, 0.2) is 18.2 Å². The Morgan fingerprint density at radius 3 is 2.71 bits per heavy atom. The maximum Gasteiger partial charge on any atom is 0.287 e. The Bertz CT molecular complexity index is 407. The van der Waals surface area contributed by atoms with Gasteiger partial charge in [-0.2, -0.15) is 0 Å². The second-order valence-electron chi connectivity index (χ2n) is 3.40. The van der Waals surface area contributed by atoms with Gasteiger partial charge >= 0.3 is 0 Å². The fourth-order valence-corrected chi connectivity index (χ4v) is 1.40. The number of alkyl halides is 2. The van der Waals surface area contributed by atoms with E-state index in [-0.39, 0.29) is 16.3 Å². The molecule has 4 N–H and O–H groups in total. The first kappa shape index (κ1) is 13.7. The molecule has 0 aromatic heterocycles. The van der Waals surface area contributed by atoms with Crippen molar-refractivity contribution in [2.45, 2.75) is 5.92 Å². The summed E-state index contributed by atoms with van der Waals surface area (Å²) >= 11 is 5.73. The van der Waals surface area contributed by atoms with Crippen LogP contribution in [-0.4, -0.2) is 30.1 Å². The topological polar surface area (TPSA) is 75.4 Å². The van der Waals surface area contributed by atoms with Crippen LogP contribution in [0.4, 0.5) is 14.5 Å². The highest BCUT2D eigenvalue weighted by Crippen LogP contribution is 2.22. The molecule has 7 heteroatoms. The molecule has 4 nitrogen and oxygen atoms in total. The number of anilines is 1. The molecule has 0 bridgehead atoms. The molecule has 1 aromatic carbocycles. The maximum absolute atomic E-state index is 12.7. The Morgan fingerprint density at radius 2 is 2.18 bits per heavy atom. The van der Waals surface area contributed by atoms with Gasteiger partial charge in [-0.1, -0.05) is 17.7 Å². The van der Waals surface area contributed by atoms with E-state index in [0.717, 1.165) is 0 Å². The molecule has 94 valence electrons. The summed E-state index contributed by atoms with van der Waals surface area (Å²) in [4.78, 5) is 11.6. The van der Waals surface area contributed by atoms with E-state index in [1.165, 1.54) is 18.2 Å². The van der Waals surface area contributed by atoms with E-state index in [9.17, 15) is 13.6 Å². The number of carbonyl (C=O) groups is 1. The zero-order chi connectivity index (χ0) is 13.1. The third-order valence-electron chi connectivity index (χ3n) is 2.01. The van der Waals surface area contributed by atoms with Gasteiger partial charge in [-0.15, -0.1) is 0 Å². The molecular weight excluding hydrogens is 254 g/mol. The van der Waals surface area contributed by atoms with Crippen molar-refractivity contribution < 1.29 is 18.7 Å². The minimum absolute atomic E-state index is 0.0529. The number of nitrogens with one attached hydrogen (secondary N) is 1. The van der Waals surface area contributed by atoms with Gasteiger partial charge < -0.3 is 16.2 Å². The third kappa shape index (κ3) is 3.54. The number of carbonyl (C=O) groups excluding carboxylic acids is 1. The fourth-order valence-electron chi connectivity index (χ4n) is 1.13. The van der Waals surface area contributed by atoms with Crippen molar-refractivity contribution in [1.82, 2.24) is 5.32 Å². The number of nitrogens with two attached hydrogens (primary N) is 1. The molecule has 0 aliphatic rings. The molecule has 1 aromatic rings. The smallest absolute Gasteiger partial charge is 0.287 e. The van der Waals surface area contributed by atoms with Crippen molar-refractivity contribution in [3.63, 3.8) is 0 Å². The van der Waals surface area contributed by atoms with E-state index < -0.39 is 25.0 Å². The number of nitrogen functional groups attached to an aromatic ring is 1. The number of aliphatic hydroxyl groups excluding tert-OH is 1. The monoisotopic (exact) mass is 264 g/mol. The van der Waals surface area contributed by atoms with Gasteiger partial charge in [-0.05, 0) is 12.1 Å². The van der Waals surface area contributed by atoms with Crippen LogP contribution < -0.4 is 11.1 Å². The summed E-state index contributed by atoms with van der Waals surface area (Å²) in [6, 6.07) is 4.40. The van der Waals surface area contributed by atoms with Crippen LogP contribution in [0.5, 0.6) is 0 Å². The first-order valence-corrected chi connectivity index (χ1v) is 5.06. The van der Waals surface area contributed by atoms with E-state index >= 15 is 0 Å². The maximum atomic E-state index is 12.7. The molecule has 0 atom stereocenters. The highest BCUT2D eigenvalue weighted by Gasteiger charge is 2.28. The summed E-state index contributed by atoms with van der Waals surface area (Å²) in [7, 11) is 0. The van der Waals surface area contributed by atoms with Crippen LogP contribution in [0.3, 0.4) is 0 Å². The molecule has 0 unspecified atom stereocenters. The number of rotatable bonds is 4. The standard InChI is InChI=1S/C10H11ClF2N2O2/c11-6-2-1-3-7(14)8(6)9(17)15-4-10(12,13)5-16/h1-3,16H,4-5,14H2,(H,15,17). The highest BCUT2D eigenvalue weighted by atomic mass is 35.5. The molecule has 0 aliphatic heterocycles. The number of halogens is 3. The molecule has 17 heavy (non-hydrogen) atoms. The molecule has 0 saturated heterocycles. The number of amides is 1. The minimum Gasteiger partial charge on any atom is -0.398 e. The molecule has 1 amide bonds. The van der Waals surface area contributed by atoms with Gasteiger partial charge in [0.25, 0.3) is 11.8 Å². The van der Waals surface area contributed by atoms with Gasteiger partial charge in [0.05, 0.1) is 17.1 Å². The molecule has 0 aliphatic carbocycles. The Kier molecular flexibility index (Phi) is 4.25. The normalized spacial score (nSPS) is 11.3. The summed E-state index contributed by atoms with van der Waals surface area (Å²) in [5.74, 6) is -4.17. The predicted molar refractivity (Wildman–Crippen MR) is 60.2 cm³/mol. The van der Waals surface area contributed by atoms with Crippen molar-refractivity contribution in [2.75, 3.05) is 18.9 Å². The lowest BCUT2D eigenvalue weighted by Crippen LogP contribution is -2.39. The highest BCUT2D eigenvalue weighted by molar-refractivity contribution is 6.34. The SMILES string of the molecule is Nc1cccc(Cl)c1C(=O)NCC(F)(F)CO. The van der Waals surface area contributed by atoms with Crippen molar-refractivity contribution in [2.24, 2.45) is 0 Å². The van der Waals surface area contributed by atoms with Gasteiger partial charge in [0, 0.05) is 5.69 Å². The number of aliphatic hydroxyl groups is 1. The molecule has 0 radical (unpaired) electrons. The van der Waals surface area contributed by atoms with E-state index in [4.69, 9.17) is 22.4 Å². The Balaban J connectivity index is 2.78. The molecular formula is C10H11ClF2N2O2. The lowest BCUT2D eigenvalue weighted by Gasteiger charge is -2.15. The van der Waals surface area contributed by atoms with Crippen LogP contribution in [0.2, 0.25) is 5.02 Å². The molecule has 1 rings (SSSR count). The number of hydrogen-bond donors (Lipinski definition) is 3. The average molecular weight is 265 g/mol. The van der Waals surface area contributed by atoms with Crippen molar-refractivity contribution in [3.05, 3.63) is 28.8 Å². The lowest BCUT2D eigenvalue weighted by molar-refractivity contribution is -0.0461. The zero-order valence-corrected chi connectivity index (χ0v) is 9.47. The average Bonchev–Trinajstić information content (AvgIpc) is 2.26. The first-order valence-electron chi connectivity index (χ1n) is 4.68. The number of benzene rings is 1. The number of hydrogen-bond acceptors (Lipinski definition) is 3. The lowest BCUT2D eigenvalue weighted by atomic mass is 10.1. The van der Waals surface area contributed by atoms with Gasteiger partial charge in [0.1, 0.15) is 6.61 Å². The fraction of sp³-hybridized carbons (Fsp3) is 0.300. The minimum atomic E-state index is -3.37. The van der Waals surface area contributed by atoms with Crippen LogP contribution in [0, 0.1) is 0 Å². The summed E-state index contributed by atoms with van der Waals surface area (Å²) < 4.78 is 25.4.